The van der Waals surface area contributed by atoms with Crippen molar-refractivity contribution in [2.24, 2.45) is 12.0 Å². The van der Waals surface area contributed by atoms with Gasteiger partial charge in [-0.3, -0.25) is 9.79 Å². The van der Waals surface area contributed by atoms with Crippen LogP contribution in [0.25, 0.3) is 0 Å². The Morgan fingerprint density at radius 2 is 2.03 bits per heavy atom. The highest BCUT2D eigenvalue weighted by Crippen LogP contribution is 2.47. The molecule has 0 bridgehead atoms. The third kappa shape index (κ3) is 3.97. The average Bonchev–Trinajstić information content (AvgIpc) is 3.52. The molecule has 2 aromatic rings. The Labute approximate surface area is 169 Å². The second kappa shape index (κ2) is 7.85. The Morgan fingerprint density at radius 1 is 1.28 bits per heavy atom. The van der Waals surface area contributed by atoms with Crippen LogP contribution in [0.5, 0.6) is 0 Å². The van der Waals surface area contributed by atoms with E-state index in [1.165, 1.54) is 6.07 Å². The summed E-state index contributed by atoms with van der Waals surface area (Å²) >= 11 is 0. The third-order valence-corrected chi connectivity index (χ3v) is 5.96. The molecule has 1 aliphatic carbocycles. The van der Waals surface area contributed by atoms with Crippen molar-refractivity contribution >= 4 is 11.8 Å². The lowest BCUT2D eigenvalue weighted by atomic mass is 9.96. The quantitative estimate of drug-likeness (QED) is 0.622. The van der Waals surface area contributed by atoms with Crippen LogP contribution < -0.4 is 15.8 Å². The predicted molar refractivity (Wildman–Crippen MR) is 112 cm³/mol. The number of nitrogens with zero attached hydrogens (tertiary/aromatic N) is 5. The molecule has 29 heavy (non-hydrogen) atoms. The van der Waals surface area contributed by atoms with E-state index in [1.807, 2.05) is 11.0 Å². The Bertz CT molecular complexity index is 960. The Balaban J connectivity index is 1.37. The molecule has 4 rings (SSSR count). The summed E-state index contributed by atoms with van der Waals surface area (Å²) in [5.41, 5.74) is 0.977. The van der Waals surface area contributed by atoms with Crippen LogP contribution in [0, 0.1) is 5.82 Å². The van der Waals surface area contributed by atoms with Crippen molar-refractivity contribution in [1.29, 1.82) is 0 Å². The number of nitrogens with one attached hydrogen (secondary N) is 1. The number of anilines is 1. The smallest absolute Gasteiger partial charge is 0.293 e. The molecule has 1 aliphatic heterocycles. The molecule has 8 heteroatoms. The maximum Gasteiger partial charge on any atom is 0.293 e. The summed E-state index contributed by atoms with van der Waals surface area (Å²) in [6.07, 6.45) is 5.43. The lowest BCUT2D eigenvalue weighted by Crippen LogP contribution is -2.54. The van der Waals surface area contributed by atoms with Gasteiger partial charge in [0.15, 0.2) is 11.8 Å². The summed E-state index contributed by atoms with van der Waals surface area (Å²) in [7, 11) is 3.52. The highest BCUT2D eigenvalue weighted by molar-refractivity contribution is 5.80. The van der Waals surface area contributed by atoms with Gasteiger partial charge < -0.3 is 19.7 Å². The predicted octanol–water partition coefficient (Wildman–Crippen LogP) is 1.35. The van der Waals surface area contributed by atoms with E-state index in [-0.39, 0.29) is 16.8 Å². The normalized spacial score (nSPS) is 18.7. The van der Waals surface area contributed by atoms with E-state index < -0.39 is 0 Å². The molecule has 0 radical (unpaired) electrons. The summed E-state index contributed by atoms with van der Waals surface area (Å²) in [5, 5.41) is 3.49. The fourth-order valence-corrected chi connectivity index (χ4v) is 3.95. The zero-order valence-corrected chi connectivity index (χ0v) is 16.9. The zero-order chi connectivity index (χ0) is 20.4. The van der Waals surface area contributed by atoms with Crippen LogP contribution in [-0.4, -0.2) is 60.2 Å². The van der Waals surface area contributed by atoms with E-state index in [9.17, 15) is 9.18 Å². The van der Waals surface area contributed by atoms with Crippen LogP contribution in [0.1, 0.15) is 18.4 Å². The standard InChI is InChI=1S/C21H27FN6O/c1-23-20(25-15-21(6-7-21)16-4-3-5-17(22)14-16)28-12-10-27(11-13-28)18-19(29)26(2)9-8-24-18/h3-5,8-9,14H,6-7,10-13,15H2,1-2H3,(H,23,25). The minimum Gasteiger partial charge on any atom is -0.355 e. The Kier molecular flexibility index (Phi) is 5.25. The second-order valence-corrected chi connectivity index (χ2v) is 7.83. The highest BCUT2D eigenvalue weighted by Gasteiger charge is 2.44. The van der Waals surface area contributed by atoms with Crippen LogP contribution in [0.15, 0.2) is 46.4 Å². The number of hydrogen-bond acceptors (Lipinski definition) is 4. The molecule has 154 valence electrons. The summed E-state index contributed by atoms with van der Waals surface area (Å²) in [6.45, 7) is 3.67. The van der Waals surface area contributed by atoms with Crippen LogP contribution >= 0.6 is 0 Å². The van der Waals surface area contributed by atoms with Crippen LogP contribution in [0.2, 0.25) is 0 Å². The molecule has 0 spiro atoms. The van der Waals surface area contributed by atoms with E-state index >= 15 is 0 Å². The van der Waals surface area contributed by atoms with Crippen molar-refractivity contribution in [1.82, 2.24) is 19.8 Å². The van der Waals surface area contributed by atoms with Gasteiger partial charge in [-0.25, -0.2) is 9.37 Å². The fourth-order valence-electron chi connectivity index (χ4n) is 3.95. The van der Waals surface area contributed by atoms with E-state index in [4.69, 9.17) is 0 Å². The molecular weight excluding hydrogens is 371 g/mol. The topological polar surface area (TPSA) is 65.8 Å². The number of rotatable bonds is 4. The maximum absolute atomic E-state index is 13.6. The van der Waals surface area contributed by atoms with Gasteiger partial charge in [0.2, 0.25) is 0 Å². The van der Waals surface area contributed by atoms with Gasteiger partial charge in [0, 0.05) is 64.6 Å². The number of aliphatic imine (C=N–C) groups is 1. The van der Waals surface area contributed by atoms with E-state index in [2.05, 4.69) is 20.2 Å². The van der Waals surface area contributed by atoms with Gasteiger partial charge in [0.25, 0.3) is 5.56 Å². The molecule has 7 nitrogen and oxygen atoms in total. The summed E-state index contributed by atoms with van der Waals surface area (Å²) in [4.78, 5) is 25.2. The lowest BCUT2D eigenvalue weighted by molar-refractivity contribution is 0.369. The first-order chi connectivity index (χ1) is 14.0. The number of hydrogen-bond donors (Lipinski definition) is 1. The fraction of sp³-hybridized carbons (Fsp3) is 0.476. The first-order valence-corrected chi connectivity index (χ1v) is 10.0. The van der Waals surface area contributed by atoms with Gasteiger partial charge in [-0.15, -0.1) is 0 Å². The number of aromatic nitrogens is 2. The van der Waals surface area contributed by atoms with E-state index in [0.29, 0.717) is 18.9 Å². The van der Waals surface area contributed by atoms with E-state index in [1.54, 1.807) is 43.2 Å². The first-order valence-electron chi connectivity index (χ1n) is 10.0. The van der Waals surface area contributed by atoms with Gasteiger partial charge in [0.1, 0.15) is 5.82 Å². The molecule has 1 N–H and O–H groups in total. The molecule has 1 aromatic carbocycles. The zero-order valence-electron chi connectivity index (χ0n) is 16.9. The summed E-state index contributed by atoms with van der Waals surface area (Å²) in [6, 6.07) is 6.91. The molecule has 2 aliphatic rings. The third-order valence-electron chi connectivity index (χ3n) is 5.96. The van der Waals surface area contributed by atoms with Crippen molar-refractivity contribution in [2.45, 2.75) is 18.3 Å². The molecule has 0 atom stereocenters. The summed E-state index contributed by atoms with van der Waals surface area (Å²) < 4.78 is 15.2. The molecule has 0 amide bonds. The van der Waals surface area contributed by atoms with Gasteiger partial charge in [-0.2, -0.15) is 0 Å². The van der Waals surface area contributed by atoms with Crippen molar-refractivity contribution < 1.29 is 4.39 Å². The van der Waals surface area contributed by atoms with Gasteiger partial charge in [-0.05, 0) is 30.5 Å². The molecule has 2 heterocycles. The maximum atomic E-state index is 13.6. The number of guanidine groups is 1. The lowest BCUT2D eigenvalue weighted by Gasteiger charge is -2.37. The average molecular weight is 398 g/mol. The number of aryl methyl sites for hydroxylation is 1. The Hall–Kier alpha value is -2.90. The van der Waals surface area contributed by atoms with Crippen molar-refractivity contribution in [3.8, 4) is 0 Å². The Morgan fingerprint density at radius 3 is 2.69 bits per heavy atom. The highest BCUT2D eigenvalue weighted by atomic mass is 19.1. The van der Waals surface area contributed by atoms with Crippen molar-refractivity contribution in [3.63, 3.8) is 0 Å². The SMILES string of the molecule is CN=C(NCC1(c2cccc(F)c2)CC1)N1CCN(c2nccn(C)c2=O)CC1. The summed E-state index contributed by atoms with van der Waals surface area (Å²) in [5.74, 6) is 1.16. The second-order valence-electron chi connectivity index (χ2n) is 7.83. The monoisotopic (exact) mass is 398 g/mol. The minimum absolute atomic E-state index is 0.0000297. The van der Waals surface area contributed by atoms with Crippen LogP contribution in [0.4, 0.5) is 10.2 Å². The van der Waals surface area contributed by atoms with Crippen molar-refractivity contribution in [2.75, 3.05) is 44.7 Å². The van der Waals surface area contributed by atoms with Gasteiger partial charge >= 0.3 is 0 Å². The minimum atomic E-state index is -0.185. The van der Waals surface area contributed by atoms with Gasteiger partial charge in [0.05, 0.1) is 0 Å². The van der Waals surface area contributed by atoms with Crippen molar-refractivity contribution in [3.05, 3.63) is 58.4 Å². The number of halogens is 1. The van der Waals surface area contributed by atoms with E-state index in [0.717, 1.165) is 44.0 Å². The van der Waals surface area contributed by atoms with Gasteiger partial charge in [-0.1, -0.05) is 12.1 Å². The molecule has 1 saturated carbocycles. The van der Waals surface area contributed by atoms with Crippen LogP contribution in [-0.2, 0) is 12.5 Å². The van der Waals surface area contributed by atoms with Crippen LogP contribution in [0.3, 0.4) is 0 Å². The molecule has 1 aromatic heterocycles. The number of piperazine rings is 1. The largest absolute Gasteiger partial charge is 0.355 e. The molecular formula is C21H27FN6O. The molecule has 0 unspecified atom stereocenters. The first kappa shape index (κ1) is 19.4. The molecule has 2 fully saturated rings. The molecule has 1 saturated heterocycles. The number of benzene rings is 1.